The Bertz CT molecular complexity index is 431. The van der Waals surface area contributed by atoms with Crippen molar-refractivity contribution in [3.05, 3.63) is 23.9 Å². The Labute approximate surface area is 113 Å². The molecule has 2 rings (SSSR count). The molecule has 1 aliphatic rings. The molecule has 2 heterocycles. The van der Waals surface area contributed by atoms with Crippen LogP contribution in [0.3, 0.4) is 0 Å². The maximum absolute atomic E-state index is 12.5. The van der Waals surface area contributed by atoms with Gasteiger partial charge in [-0.05, 0) is 39.1 Å². The molecule has 0 spiro atoms. The number of amides is 1. The van der Waals surface area contributed by atoms with Gasteiger partial charge in [0.2, 0.25) is 0 Å². The smallest absolute Gasteiger partial charge is 0.255 e. The molecular weight excluding hydrogens is 242 g/mol. The van der Waals surface area contributed by atoms with Gasteiger partial charge < -0.3 is 15.2 Å². The summed E-state index contributed by atoms with van der Waals surface area (Å²) in [6, 6.07) is 3.77. The molecule has 1 aliphatic heterocycles. The minimum Gasteiger partial charge on any atom is -0.334 e. The number of anilines is 1. The fourth-order valence-corrected chi connectivity index (χ4v) is 2.49. The molecule has 1 aromatic rings. The first-order chi connectivity index (χ1) is 9.11. The number of aromatic nitrogens is 1. The molecule has 104 valence electrons. The maximum atomic E-state index is 12.5. The monoisotopic (exact) mass is 263 g/mol. The van der Waals surface area contributed by atoms with Crippen LogP contribution in [0.15, 0.2) is 18.3 Å². The van der Waals surface area contributed by atoms with Crippen LogP contribution >= 0.6 is 0 Å². The van der Waals surface area contributed by atoms with Crippen LogP contribution in [0.5, 0.6) is 0 Å². The van der Waals surface area contributed by atoms with Crippen molar-refractivity contribution in [1.29, 1.82) is 0 Å². The summed E-state index contributed by atoms with van der Waals surface area (Å²) in [4.78, 5) is 20.6. The molecule has 1 atom stereocenters. The molecule has 3 N–H and O–H groups in total. The third-order valence-corrected chi connectivity index (χ3v) is 3.37. The maximum Gasteiger partial charge on any atom is 0.255 e. The van der Waals surface area contributed by atoms with E-state index in [0.717, 1.165) is 25.9 Å². The van der Waals surface area contributed by atoms with Gasteiger partial charge in [0.25, 0.3) is 5.91 Å². The molecule has 0 aliphatic carbocycles. The molecule has 1 fully saturated rings. The summed E-state index contributed by atoms with van der Waals surface area (Å²) in [5.74, 6) is 5.88. The Kier molecular flexibility index (Phi) is 4.34. The van der Waals surface area contributed by atoms with Crippen LogP contribution in [-0.2, 0) is 0 Å². The number of nitrogens with two attached hydrogens (primary N) is 1. The van der Waals surface area contributed by atoms with Crippen LogP contribution in [0.4, 0.5) is 5.82 Å². The van der Waals surface area contributed by atoms with Crippen LogP contribution in [-0.4, -0.2) is 53.9 Å². The van der Waals surface area contributed by atoms with Crippen molar-refractivity contribution in [2.24, 2.45) is 5.84 Å². The number of nitrogen functional groups attached to an aromatic ring is 1. The van der Waals surface area contributed by atoms with Gasteiger partial charge in [0.15, 0.2) is 0 Å². The highest BCUT2D eigenvalue weighted by Crippen LogP contribution is 2.20. The van der Waals surface area contributed by atoms with E-state index in [-0.39, 0.29) is 5.91 Å². The Morgan fingerprint density at radius 2 is 2.37 bits per heavy atom. The minimum atomic E-state index is 0.0559. The molecule has 19 heavy (non-hydrogen) atoms. The van der Waals surface area contributed by atoms with Crippen molar-refractivity contribution in [1.82, 2.24) is 14.8 Å². The van der Waals surface area contributed by atoms with E-state index in [1.165, 1.54) is 0 Å². The summed E-state index contributed by atoms with van der Waals surface area (Å²) in [7, 11) is 4.06. The zero-order valence-corrected chi connectivity index (χ0v) is 11.5. The number of hydrazine groups is 1. The van der Waals surface area contributed by atoms with E-state index in [4.69, 9.17) is 5.84 Å². The largest absolute Gasteiger partial charge is 0.334 e. The van der Waals surface area contributed by atoms with Crippen molar-refractivity contribution in [2.45, 2.75) is 18.9 Å². The second-order valence-electron chi connectivity index (χ2n) is 5.13. The van der Waals surface area contributed by atoms with Crippen LogP contribution in [0.25, 0.3) is 0 Å². The molecular formula is C13H21N5O. The third-order valence-electron chi connectivity index (χ3n) is 3.37. The zero-order chi connectivity index (χ0) is 13.8. The summed E-state index contributed by atoms with van der Waals surface area (Å²) in [5, 5.41) is 0. The number of nitrogens with zero attached hydrogens (tertiary/aromatic N) is 3. The van der Waals surface area contributed by atoms with Crippen LogP contribution in [0.2, 0.25) is 0 Å². The van der Waals surface area contributed by atoms with Crippen LogP contribution in [0, 0.1) is 0 Å². The first-order valence-electron chi connectivity index (χ1n) is 6.50. The highest BCUT2D eigenvalue weighted by molar-refractivity contribution is 5.94. The van der Waals surface area contributed by atoms with Gasteiger partial charge >= 0.3 is 0 Å². The lowest BCUT2D eigenvalue weighted by atomic mass is 10.2. The van der Waals surface area contributed by atoms with E-state index >= 15 is 0 Å². The number of hydrogen-bond donors (Lipinski definition) is 2. The molecule has 0 aromatic carbocycles. The lowest BCUT2D eigenvalue weighted by Crippen LogP contribution is -2.41. The quantitative estimate of drug-likeness (QED) is 0.612. The summed E-state index contributed by atoms with van der Waals surface area (Å²) < 4.78 is 0. The second-order valence-corrected chi connectivity index (χ2v) is 5.13. The Morgan fingerprint density at radius 1 is 1.58 bits per heavy atom. The number of hydrogen-bond acceptors (Lipinski definition) is 5. The zero-order valence-electron chi connectivity index (χ0n) is 11.5. The molecule has 1 amide bonds. The van der Waals surface area contributed by atoms with Gasteiger partial charge in [0.05, 0.1) is 5.56 Å². The Hall–Kier alpha value is -1.66. The number of pyridine rings is 1. The molecule has 6 heteroatoms. The van der Waals surface area contributed by atoms with Crippen LogP contribution in [0.1, 0.15) is 23.2 Å². The molecule has 0 radical (unpaired) electrons. The first-order valence-corrected chi connectivity index (χ1v) is 6.50. The van der Waals surface area contributed by atoms with Gasteiger partial charge in [0, 0.05) is 25.3 Å². The number of rotatable bonds is 4. The van der Waals surface area contributed by atoms with Crippen molar-refractivity contribution >= 4 is 11.7 Å². The topological polar surface area (TPSA) is 74.5 Å². The average Bonchev–Trinajstić information content (AvgIpc) is 2.85. The fourth-order valence-electron chi connectivity index (χ4n) is 2.49. The lowest BCUT2D eigenvalue weighted by Gasteiger charge is -2.27. The number of carbonyl (C=O) groups is 1. The Balaban J connectivity index is 2.09. The van der Waals surface area contributed by atoms with Gasteiger partial charge in [-0.15, -0.1) is 0 Å². The molecule has 0 bridgehead atoms. The first kappa shape index (κ1) is 13.8. The lowest BCUT2D eigenvalue weighted by molar-refractivity contribution is 0.0716. The molecule has 1 unspecified atom stereocenters. The second kappa shape index (κ2) is 5.99. The molecule has 1 saturated heterocycles. The Morgan fingerprint density at radius 3 is 2.95 bits per heavy atom. The van der Waals surface area contributed by atoms with E-state index in [0.29, 0.717) is 17.4 Å². The summed E-state index contributed by atoms with van der Waals surface area (Å²) >= 11 is 0. The van der Waals surface area contributed by atoms with Crippen LogP contribution < -0.4 is 11.3 Å². The van der Waals surface area contributed by atoms with E-state index < -0.39 is 0 Å². The van der Waals surface area contributed by atoms with E-state index in [1.54, 1.807) is 18.3 Å². The van der Waals surface area contributed by atoms with Gasteiger partial charge in [-0.2, -0.15) is 0 Å². The number of likely N-dealkylation sites (N-methyl/N-ethyl adjacent to an activating group) is 1. The average molecular weight is 263 g/mol. The van der Waals surface area contributed by atoms with E-state index in [1.807, 2.05) is 19.0 Å². The minimum absolute atomic E-state index is 0.0559. The van der Waals surface area contributed by atoms with E-state index in [9.17, 15) is 4.79 Å². The predicted octanol–water partition coefficient (Wildman–Crippen LogP) is 0.533. The van der Waals surface area contributed by atoms with Gasteiger partial charge in [-0.25, -0.2) is 10.8 Å². The van der Waals surface area contributed by atoms with Crippen molar-refractivity contribution in [3.63, 3.8) is 0 Å². The van der Waals surface area contributed by atoms with Crippen molar-refractivity contribution in [2.75, 3.05) is 32.6 Å². The van der Waals surface area contributed by atoms with E-state index in [2.05, 4.69) is 15.3 Å². The SMILES string of the molecule is CN(C)CC1CCCN1C(=O)c1ccc(NN)nc1. The predicted molar refractivity (Wildman–Crippen MR) is 74.7 cm³/mol. The normalized spacial score (nSPS) is 18.9. The summed E-state index contributed by atoms with van der Waals surface area (Å²) in [6.45, 7) is 1.73. The van der Waals surface area contributed by atoms with Crippen molar-refractivity contribution in [3.8, 4) is 0 Å². The van der Waals surface area contributed by atoms with Crippen molar-refractivity contribution < 1.29 is 4.79 Å². The standard InChI is InChI=1S/C13H21N5O/c1-17(2)9-11-4-3-7-18(11)13(19)10-5-6-12(16-14)15-8-10/h5-6,8,11H,3-4,7,9,14H2,1-2H3,(H,15,16). The summed E-state index contributed by atoms with van der Waals surface area (Å²) in [5.41, 5.74) is 3.07. The number of nitrogens with one attached hydrogen (secondary N) is 1. The molecule has 1 aromatic heterocycles. The highest BCUT2D eigenvalue weighted by atomic mass is 16.2. The fraction of sp³-hybridized carbons (Fsp3) is 0.538. The summed E-state index contributed by atoms with van der Waals surface area (Å²) in [6.07, 6.45) is 3.71. The molecule has 6 nitrogen and oxygen atoms in total. The van der Waals surface area contributed by atoms with Gasteiger partial charge in [-0.3, -0.25) is 4.79 Å². The number of likely N-dealkylation sites (tertiary alicyclic amines) is 1. The molecule has 0 saturated carbocycles. The number of carbonyl (C=O) groups excluding carboxylic acids is 1. The third kappa shape index (κ3) is 3.21. The van der Waals surface area contributed by atoms with Gasteiger partial charge in [0.1, 0.15) is 5.82 Å². The van der Waals surface area contributed by atoms with Gasteiger partial charge in [-0.1, -0.05) is 0 Å². The highest BCUT2D eigenvalue weighted by Gasteiger charge is 2.29.